The number of aryl methyl sites for hydroxylation is 1. The van der Waals surface area contributed by atoms with Crippen LogP contribution in [0.3, 0.4) is 0 Å². The number of carbonyl (C=O) groups excluding carboxylic acids is 1. The van der Waals surface area contributed by atoms with Crippen LogP contribution in [-0.4, -0.2) is 43.2 Å². The lowest BCUT2D eigenvalue weighted by Gasteiger charge is -2.15. The van der Waals surface area contributed by atoms with Crippen molar-refractivity contribution in [3.63, 3.8) is 0 Å². The van der Waals surface area contributed by atoms with Gasteiger partial charge in [0, 0.05) is 20.0 Å². The van der Waals surface area contributed by atoms with Crippen LogP contribution in [0, 0.1) is 0 Å². The molecule has 0 aromatic heterocycles. The summed E-state index contributed by atoms with van der Waals surface area (Å²) < 4.78 is 5.09. The van der Waals surface area contributed by atoms with E-state index in [0.29, 0.717) is 13.0 Å². The first-order chi connectivity index (χ1) is 8.67. The molecule has 0 aliphatic rings. The van der Waals surface area contributed by atoms with Crippen LogP contribution in [-0.2, 0) is 11.2 Å². The van der Waals surface area contributed by atoms with Crippen LogP contribution in [0.1, 0.15) is 18.4 Å². The predicted molar refractivity (Wildman–Crippen MR) is 70.7 cm³/mol. The van der Waals surface area contributed by atoms with Gasteiger partial charge >= 0.3 is 0 Å². The van der Waals surface area contributed by atoms with Crippen LogP contribution in [0.4, 0.5) is 0 Å². The number of hydrogen-bond donors (Lipinski definition) is 1. The van der Waals surface area contributed by atoms with Crippen LogP contribution < -0.4 is 4.74 Å². The average molecular weight is 251 g/mol. The third-order valence-electron chi connectivity index (χ3n) is 2.88. The van der Waals surface area contributed by atoms with Crippen molar-refractivity contribution in [3.05, 3.63) is 29.8 Å². The molecule has 18 heavy (non-hydrogen) atoms. The highest BCUT2D eigenvalue weighted by atomic mass is 16.5. The zero-order valence-corrected chi connectivity index (χ0v) is 11.1. The van der Waals surface area contributed by atoms with Crippen LogP contribution in [0.25, 0.3) is 0 Å². The van der Waals surface area contributed by atoms with Gasteiger partial charge in [0.15, 0.2) is 0 Å². The monoisotopic (exact) mass is 251 g/mol. The van der Waals surface area contributed by atoms with Gasteiger partial charge in [-0.15, -0.1) is 0 Å². The van der Waals surface area contributed by atoms with E-state index >= 15 is 0 Å². The number of benzene rings is 1. The molecule has 0 saturated carbocycles. The molecule has 1 N–H and O–H groups in total. The van der Waals surface area contributed by atoms with E-state index in [1.54, 1.807) is 19.1 Å². The molecule has 0 atom stereocenters. The Hall–Kier alpha value is -1.55. The number of carbonyl (C=O) groups is 1. The lowest BCUT2D eigenvalue weighted by atomic mass is 10.1. The van der Waals surface area contributed by atoms with Gasteiger partial charge in [-0.1, -0.05) is 12.1 Å². The summed E-state index contributed by atoms with van der Waals surface area (Å²) in [6, 6.07) is 7.88. The maximum atomic E-state index is 11.6. The summed E-state index contributed by atoms with van der Waals surface area (Å²) in [5, 5.41) is 8.73. The summed E-state index contributed by atoms with van der Waals surface area (Å²) in [5.41, 5.74) is 1.20. The molecule has 0 unspecified atom stereocenters. The molecular weight excluding hydrogens is 230 g/mol. The fourth-order valence-corrected chi connectivity index (χ4v) is 1.70. The molecular formula is C14H21NO3. The first kappa shape index (κ1) is 14.5. The quantitative estimate of drug-likeness (QED) is 0.798. The molecule has 4 heteroatoms. The van der Waals surface area contributed by atoms with Crippen molar-refractivity contribution in [1.82, 2.24) is 4.90 Å². The number of ether oxygens (including phenoxy) is 1. The van der Waals surface area contributed by atoms with Crippen molar-refractivity contribution in [3.8, 4) is 5.75 Å². The van der Waals surface area contributed by atoms with Crippen LogP contribution in [0.15, 0.2) is 24.3 Å². The van der Waals surface area contributed by atoms with E-state index in [-0.39, 0.29) is 12.5 Å². The number of aliphatic hydroxyl groups excluding tert-OH is 1. The standard InChI is InChI=1S/C14H21NO3/c1-15(10-11-16)14(17)5-3-4-12-6-8-13(18-2)9-7-12/h6-9,16H,3-5,10-11H2,1-2H3. The lowest BCUT2D eigenvalue weighted by molar-refractivity contribution is -0.130. The fourth-order valence-electron chi connectivity index (χ4n) is 1.70. The molecule has 1 aromatic rings. The number of hydrogen-bond acceptors (Lipinski definition) is 3. The van der Waals surface area contributed by atoms with Gasteiger partial charge in [-0.05, 0) is 30.5 Å². The maximum absolute atomic E-state index is 11.6. The van der Waals surface area contributed by atoms with Crippen molar-refractivity contribution in [2.75, 3.05) is 27.3 Å². The van der Waals surface area contributed by atoms with Gasteiger partial charge in [-0.25, -0.2) is 0 Å². The summed E-state index contributed by atoms with van der Waals surface area (Å²) in [6.45, 7) is 0.419. The molecule has 0 fully saturated rings. The molecule has 0 heterocycles. The topological polar surface area (TPSA) is 49.8 Å². The van der Waals surface area contributed by atoms with Gasteiger partial charge in [0.05, 0.1) is 13.7 Å². The number of methoxy groups -OCH3 is 1. The largest absolute Gasteiger partial charge is 0.497 e. The van der Waals surface area contributed by atoms with Gasteiger partial charge in [0.1, 0.15) is 5.75 Å². The van der Waals surface area contributed by atoms with Gasteiger partial charge < -0.3 is 14.7 Å². The first-order valence-corrected chi connectivity index (χ1v) is 6.15. The molecule has 0 aliphatic heterocycles. The second-order valence-corrected chi connectivity index (χ2v) is 4.24. The Bertz CT molecular complexity index is 362. The van der Waals surface area contributed by atoms with Crippen LogP contribution in [0.2, 0.25) is 0 Å². The Balaban J connectivity index is 2.30. The molecule has 4 nitrogen and oxygen atoms in total. The Kier molecular flexibility index (Phi) is 6.22. The number of aliphatic hydroxyl groups is 1. The van der Waals surface area contributed by atoms with E-state index in [1.165, 1.54) is 5.56 Å². The van der Waals surface area contributed by atoms with E-state index in [2.05, 4.69) is 0 Å². The molecule has 0 bridgehead atoms. The number of likely N-dealkylation sites (N-methyl/N-ethyl adjacent to an activating group) is 1. The first-order valence-electron chi connectivity index (χ1n) is 6.15. The van der Waals surface area contributed by atoms with Gasteiger partial charge in [-0.2, -0.15) is 0 Å². The van der Waals surface area contributed by atoms with Crippen molar-refractivity contribution in [2.24, 2.45) is 0 Å². The smallest absolute Gasteiger partial charge is 0.222 e. The third-order valence-corrected chi connectivity index (χ3v) is 2.88. The predicted octanol–water partition coefficient (Wildman–Crippen LogP) is 1.47. The highest BCUT2D eigenvalue weighted by molar-refractivity contribution is 5.75. The van der Waals surface area contributed by atoms with E-state index in [1.807, 2.05) is 24.3 Å². The molecule has 1 aromatic carbocycles. The fraction of sp³-hybridized carbons (Fsp3) is 0.500. The van der Waals surface area contributed by atoms with Crippen molar-refractivity contribution >= 4 is 5.91 Å². The molecule has 1 amide bonds. The number of rotatable bonds is 7. The minimum Gasteiger partial charge on any atom is -0.497 e. The summed E-state index contributed by atoms with van der Waals surface area (Å²) in [4.78, 5) is 13.2. The molecule has 100 valence electrons. The average Bonchev–Trinajstić information content (AvgIpc) is 2.39. The third kappa shape index (κ3) is 4.75. The maximum Gasteiger partial charge on any atom is 0.222 e. The van der Waals surface area contributed by atoms with Crippen LogP contribution >= 0.6 is 0 Å². The zero-order chi connectivity index (χ0) is 13.4. The lowest BCUT2D eigenvalue weighted by Crippen LogP contribution is -2.29. The molecule has 1 rings (SSSR count). The summed E-state index contributed by atoms with van der Waals surface area (Å²) in [5.74, 6) is 0.926. The van der Waals surface area contributed by atoms with Crippen molar-refractivity contribution in [2.45, 2.75) is 19.3 Å². The summed E-state index contributed by atoms with van der Waals surface area (Å²) in [7, 11) is 3.36. The number of amides is 1. The SMILES string of the molecule is COc1ccc(CCCC(=O)N(C)CCO)cc1. The minimum absolute atomic E-state index is 0.0146. The van der Waals surface area contributed by atoms with Crippen LogP contribution in [0.5, 0.6) is 5.75 Å². The van der Waals surface area contributed by atoms with E-state index in [4.69, 9.17) is 9.84 Å². The highest BCUT2D eigenvalue weighted by Gasteiger charge is 2.07. The Morgan fingerprint density at radius 2 is 2.00 bits per heavy atom. The highest BCUT2D eigenvalue weighted by Crippen LogP contribution is 2.13. The zero-order valence-electron chi connectivity index (χ0n) is 11.1. The normalized spacial score (nSPS) is 10.2. The summed E-state index contributed by atoms with van der Waals surface area (Å²) in [6.07, 6.45) is 2.21. The van der Waals surface area contributed by atoms with Gasteiger partial charge in [0.25, 0.3) is 0 Å². The van der Waals surface area contributed by atoms with Crippen molar-refractivity contribution in [1.29, 1.82) is 0 Å². The Morgan fingerprint density at radius 3 is 2.56 bits per heavy atom. The molecule has 0 radical (unpaired) electrons. The second kappa shape index (κ2) is 7.71. The Labute approximate surface area is 108 Å². The van der Waals surface area contributed by atoms with Gasteiger partial charge in [-0.3, -0.25) is 4.79 Å². The molecule has 0 spiro atoms. The Morgan fingerprint density at radius 1 is 1.33 bits per heavy atom. The molecule has 0 saturated heterocycles. The van der Waals surface area contributed by atoms with Crippen molar-refractivity contribution < 1.29 is 14.6 Å². The van der Waals surface area contributed by atoms with E-state index < -0.39 is 0 Å². The second-order valence-electron chi connectivity index (χ2n) is 4.24. The summed E-state index contributed by atoms with van der Waals surface area (Å²) >= 11 is 0. The minimum atomic E-state index is 0.0146. The van der Waals surface area contributed by atoms with E-state index in [9.17, 15) is 4.79 Å². The number of nitrogens with zero attached hydrogens (tertiary/aromatic N) is 1. The van der Waals surface area contributed by atoms with Gasteiger partial charge in [0.2, 0.25) is 5.91 Å². The van der Waals surface area contributed by atoms with E-state index in [0.717, 1.165) is 18.6 Å². The molecule has 0 aliphatic carbocycles.